The molecule has 5 heteroatoms. The molecule has 1 nitrogen and oxygen atoms in total. The second-order valence-corrected chi connectivity index (χ2v) is 6.13. The Bertz CT molecular complexity index is 800. The fourth-order valence-corrected chi connectivity index (χ4v) is 3.60. The molecule has 0 aliphatic rings. The number of alkyl halides is 1. The molecular formula is C16H11ClF2OS. The second kappa shape index (κ2) is 5.62. The van der Waals surface area contributed by atoms with Crippen molar-refractivity contribution in [2.75, 3.05) is 7.11 Å². The average molecular weight is 325 g/mol. The Morgan fingerprint density at radius 2 is 1.90 bits per heavy atom. The van der Waals surface area contributed by atoms with Gasteiger partial charge in [0.05, 0.1) is 12.5 Å². The van der Waals surface area contributed by atoms with Gasteiger partial charge in [0, 0.05) is 21.2 Å². The number of benzene rings is 2. The number of ether oxygens (including phenoxy) is 1. The third-order valence-corrected chi connectivity index (χ3v) is 4.99. The summed E-state index contributed by atoms with van der Waals surface area (Å²) in [6.07, 6.45) is 0. The minimum Gasteiger partial charge on any atom is -0.497 e. The third-order valence-electron chi connectivity index (χ3n) is 3.23. The first-order chi connectivity index (χ1) is 10.1. The molecule has 3 aromatic rings. The smallest absolute Gasteiger partial charge is 0.131 e. The van der Waals surface area contributed by atoms with Gasteiger partial charge in [-0.15, -0.1) is 22.9 Å². The summed E-state index contributed by atoms with van der Waals surface area (Å²) in [6.45, 7) is 0. The maximum atomic E-state index is 14.1. The third kappa shape index (κ3) is 2.74. The van der Waals surface area contributed by atoms with E-state index in [4.69, 9.17) is 16.3 Å². The van der Waals surface area contributed by atoms with Crippen LogP contribution in [0.15, 0.2) is 42.5 Å². The molecule has 0 spiro atoms. The van der Waals surface area contributed by atoms with Crippen molar-refractivity contribution in [1.29, 1.82) is 0 Å². The van der Waals surface area contributed by atoms with E-state index in [1.54, 1.807) is 18.2 Å². The lowest BCUT2D eigenvalue weighted by Gasteiger charge is -2.10. The highest BCUT2D eigenvalue weighted by atomic mass is 35.5. The summed E-state index contributed by atoms with van der Waals surface area (Å²) in [6, 6.07) is 11.0. The van der Waals surface area contributed by atoms with Gasteiger partial charge in [-0.2, -0.15) is 0 Å². The molecular weight excluding hydrogens is 314 g/mol. The van der Waals surface area contributed by atoms with E-state index in [2.05, 4.69) is 0 Å². The number of hydrogen-bond acceptors (Lipinski definition) is 2. The van der Waals surface area contributed by atoms with Crippen LogP contribution in [0.1, 0.15) is 15.8 Å². The van der Waals surface area contributed by atoms with Crippen molar-refractivity contribution < 1.29 is 13.5 Å². The molecule has 108 valence electrons. The van der Waals surface area contributed by atoms with Gasteiger partial charge in [-0.1, -0.05) is 12.1 Å². The summed E-state index contributed by atoms with van der Waals surface area (Å²) in [5.41, 5.74) is 0.379. The van der Waals surface area contributed by atoms with Gasteiger partial charge in [-0.25, -0.2) is 8.78 Å². The number of halogens is 3. The van der Waals surface area contributed by atoms with Gasteiger partial charge >= 0.3 is 0 Å². The lowest BCUT2D eigenvalue weighted by molar-refractivity contribution is 0.411. The Kier molecular flexibility index (Phi) is 3.83. The summed E-state index contributed by atoms with van der Waals surface area (Å²) in [7, 11) is 1.48. The van der Waals surface area contributed by atoms with Gasteiger partial charge in [0.2, 0.25) is 0 Å². The highest BCUT2D eigenvalue weighted by Gasteiger charge is 2.18. The van der Waals surface area contributed by atoms with Crippen LogP contribution in [-0.4, -0.2) is 7.11 Å². The van der Waals surface area contributed by atoms with Crippen LogP contribution >= 0.6 is 22.9 Å². The molecule has 0 N–H and O–H groups in total. The number of rotatable bonds is 3. The monoisotopic (exact) mass is 324 g/mol. The summed E-state index contributed by atoms with van der Waals surface area (Å²) >= 11 is 7.74. The standard InChI is InChI=1S/C16H11ClF2OS/c1-20-11-4-5-12(13(19)8-11)16(17)15-6-9-2-3-10(18)7-14(9)21-15/h2-8,16H,1H3. The second-order valence-electron chi connectivity index (χ2n) is 4.58. The van der Waals surface area contributed by atoms with Crippen LogP contribution in [0.5, 0.6) is 5.75 Å². The van der Waals surface area contributed by atoms with Crippen molar-refractivity contribution in [3.63, 3.8) is 0 Å². The quantitative estimate of drug-likeness (QED) is 0.577. The van der Waals surface area contributed by atoms with E-state index in [0.29, 0.717) is 11.3 Å². The van der Waals surface area contributed by atoms with Crippen molar-refractivity contribution in [2.45, 2.75) is 5.38 Å². The molecule has 0 saturated carbocycles. The predicted molar refractivity (Wildman–Crippen MR) is 82.4 cm³/mol. The number of fused-ring (bicyclic) bond motifs is 1. The van der Waals surface area contributed by atoms with Crippen molar-refractivity contribution in [1.82, 2.24) is 0 Å². The summed E-state index contributed by atoms with van der Waals surface area (Å²) < 4.78 is 33.1. The van der Waals surface area contributed by atoms with Gasteiger partial charge in [-0.05, 0) is 29.7 Å². The number of hydrogen-bond donors (Lipinski definition) is 0. The van der Waals surface area contributed by atoms with Gasteiger partial charge in [0.25, 0.3) is 0 Å². The van der Waals surface area contributed by atoms with Gasteiger partial charge in [0.1, 0.15) is 17.4 Å². The van der Waals surface area contributed by atoms with E-state index in [1.165, 1.54) is 36.6 Å². The zero-order chi connectivity index (χ0) is 15.0. The molecule has 3 rings (SSSR count). The molecule has 0 aliphatic carbocycles. The van der Waals surface area contributed by atoms with Gasteiger partial charge in [-0.3, -0.25) is 0 Å². The lowest BCUT2D eigenvalue weighted by atomic mass is 10.1. The molecule has 0 aliphatic heterocycles. The highest BCUT2D eigenvalue weighted by Crippen LogP contribution is 2.38. The fraction of sp³-hybridized carbons (Fsp3) is 0.125. The van der Waals surface area contributed by atoms with Crippen LogP contribution < -0.4 is 4.74 Å². The number of methoxy groups -OCH3 is 1. The topological polar surface area (TPSA) is 9.23 Å². The van der Waals surface area contributed by atoms with Crippen molar-refractivity contribution in [3.05, 3.63) is 64.5 Å². The van der Waals surface area contributed by atoms with Crippen LogP contribution in [0.25, 0.3) is 10.1 Å². The maximum Gasteiger partial charge on any atom is 0.131 e. The first kappa shape index (κ1) is 14.3. The van der Waals surface area contributed by atoms with E-state index in [-0.39, 0.29) is 5.82 Å². The van der Waals surface area contributed by atoms with Crippen LogP contribution in [0, 0.1) is 11.6 Å². The molecule has 1 aromatic heterocycles. The van der Waals surface area contributed by atoms with Crippen molar-refractivity contribution >= 4 is 33.0 Å². The molecule has 0 amide bonds. The molecule has 1 unspecified atom stereocenters. The lowest BCUT2D eigenvalue weighted by Crippen LogP contribution is -1.95. The van der Waals surface area contributed by atoms with Crippen molar-refractivity contribution in [2.24, 2.45) is 0 Å². The van der Waals surface area contributed by atoms with Gasteiger partial charge in [0.15, 0.2) is 0 Å². The first-order valence-electron chi connectivity index (χ1n) is 6.25. The zero-order valence-corrected chi connectivity index (χ0v) is 12.6. The van der Waals surface area contributed by atoms with E-state index < -0.39 is 11.2 Å². The van der Waals surface area contributed by atoms with Crippen LogP contribution in [0.4, 0.5) is 8.78 Å². The average Bonchev–Trinajstić information content (AvgIpc) is 2.89. The Labute approximate surface area is 129 Å². The molecule has 21 heavy (non-hydrogen) atoms. The molecule has 0 fully saturated rings. The molecule has 2 aromatic carbocycles. The largest absolute Gasteiger partial charge is 0.497 e. The zero-order valence-electron chi connectivity index (χ0n) is 11.1. The molecule has 1 heterocycles. The van der Waals surface area contributed by atoms with E-state index in [9.17, 15) is 8.78 Å². The molecule has 0 bridgehead atoms. The highest BCUT2D eigenvalue weighted by molar-refractivity contribution is 7.19. The predicted octanol–water partition coefficient (Wildman–Crippen LogP) is 5.52. The molecule has 0 radical (unpaired) electrons. The van der Waals surface area contributed by atoms with Crippen LogP contribution in [-0.2, 0) is 0 Å². The van der Waals surface area contributed by atoms with E-state index in [0.717, 1.165) is 15.0 Å². The first-order valence-corrected chi connectivity index (χ1v) is 7.50. The summed E-state index contributed by atoms with van der Waals surface area (Å²) in [4.78, 5) is 0.779. The summed E-state index contributed by atoms with van der Waals surface area (Å²) in [5.74, 6) is -0.269. The Hall–Kier alpha value is -1.65. The minimum absolute atomic E-state index is 0.294. The number of thiophene rings is 1. The minimum atomic E-state index is -0.614. The van der Waals surface area contributed by atoms with Gasteiger partial charge < -0.3 is 4.74 Å². The van der Waals surface area contributed by atoms with E-state index in [1.807, 2.05) is 6.07 Å². The van der Waals surface area contributed by atoms with Crippen LogP contribution in [0.2, 0.25) is 0 Å². The molecule has 1 atom stereocenters. The van der Waals surface area contributed by atoms with Crippen LogP contribution in [0.3, 0.4) is 0 Å². The summed E-state index contributed by atoms with van der Waals surface area (Å²) in [5, 5.41) is 0.285. The molecule has 0 saturated heterocycles. The Balaban J connectivity index is 2.01. The fourth-order valence-electron chi connectivity index (χ4n) is 2.14. The Morgan fingerprint density at radius 3 is 2.62 bits per heavy atom. The normalized spacial score (nSPS) is 12.6. The Morgan fingerprint density at radius 1 is 1.10 bits per heavy atom. The maximum absolute atomic E-state index is 14.1. The SMILES string of the molecule is COc1ccc(C(Cl)c2cc3ccc(F)cc3s2)c(F)c1. The van der Waals surface area contributed by atoms with Crippen molar-refractivity contribution in [3.8, 4) is 5.75 Å². The van der Waals surface area contributed by atoms with E-state index >= 15 is 0 Å².